The van der Waals surface area contributed by atoms with Gasteiger partial charge in [0.05, 0.1) is 13.5 Å². The first-order chi connectivity index (χ1) is 9.28. The molecule has 1 unspecified atom stereocenters. The lowest BCUT2D eigenvalue weighted by Crippen LogP contribution is -2.20. The van der Waals surface area contributed by atoms with Crippen LogP contribution >= 0.6 is 0 Å². The minimum Gasteiger partial charge on any atom is -0.497 e. The van der Waals surface area contributed by atoms with Crippen LogP contribution in [0.5, 0.6) is 11.5 Å². The molecule has 0 saturated heterocycles. The van der Waals surface area contributed by atoms with E-state index in [1.165, 1.54) is 0 Å². The van der Waals surface area contributed by atoms with Crippen LogP contribution < -0.4 is 9.47 Å². The number of hydrogen-bond donors (Lipinski definition) is 0. The van der Waals surface area contributed by atoms with Crippen LogP contribution in [0.2, 0.25) is 0 Å². The molecule has 3 nitrogen and oxygen atoms in total. The summed E-state index contributed by atoms with van der Waals surface area (Å²) < 4.78 is 10.5. The molecule has 1 atom stereocenters. The summed E-state index contributed by atoms with van der Waals surface area (Å²) in [6.07, 6.45) is 0.365. The zero-order valence-corrected chi connectivity index (χ0v) is 10.6. The highest BCUT2D eigenvalue weighted by Gasteiger charge is 2.28. The second kappa shape index (κ2) is 4.76. The van der Waals surface area contributed by atoms with Crippen molar-refractivity contribution in [1.82, 2.24) is 0 Å². The van der Waals surface area contributed by atoms with Gasteiger partial charge < -0.3 is 9.47 Å². The average molecular weight is 254 g/mol. The third-order valence-corrected chi connectivity index (χ3v) is 3.39. The first-order valence-corrected chi connectivity index (χ1v) is 6.21. The molecule has 0 amide bonds. The summed E-state index contributed by atoms with van der Waals surface area (Å²) >= 11 is 0. The predicted molar refractivity (Wildman–Crippen MR) is 71.5 cm³/mol. The van der Waals surface area contributed by atoms with E-state index < -0.39 is 0 Å². The SMILES string of the molecule is COc1ccc2c(c1)C(c1ccccc1)CC(=O)O2. The van der Waals surface area contributed by atoms with Gasteiger partial charge in [-0.25, -0.2) is 0 Å². The fourth-order valence-electron chi connectivity index (χ4n) is 2.44. The lowest BCUT2D eigenvalue weighted by Gasteiger charge is -2.25. The molecular weight excluding hydrogens is 240 g/mol. The molecule has 1 aliphatic heterocycles. The standard InChI is InChI=1S/C16H14O3/c1-18-12-7-8-15-14(9-12)13(10-16(17)19-15)11-5-3-2-4-6-11/h2-9,13H,10H2,1H3. The molecule has 0 fully saturated rings. The van der Waals surface area contributed by atoms with Gasteiger partial charge >= 0.3 is 5.97 Å². The van der Waals surface area contributed by atoms with Gasteiger partial charge in [-0.2, -0.15) is 0 Å². The van der Waals surface area contributed by atoms with E-state index in [1.807, 2.05) is 36.4 Å². The van der Waals surface area contributed by atoms with Crippen molar-refractivity contribution in [2.24, 2.45) is 0 Å². The lowest BCUT2D eigenvalue weighted by atomic mass is 9.86. The van der Waals surface area contributed by atoms with Gasteiger partial charge in [-0.15, -0.1) is 0 Å². The van der Waals surface area contributed by atoms with Gasteiger partial charge in [-0.3, -0.25) is 4.79 Å². The zero-order chi connectivity index (χ0) is 13.2. The Morgan fingerprint density at radius 1 is 1.16 bits per heavy atom. The number of fused-ring (bicyclic) bond motifs is 1. The average Bonchev–Trinajstić information content (AvgIpc) is 2.47. The van der Waals surface area contributed by atoms with Crippen molar-refractivity contribution in [2.75, 3.05) is 7.11 Å². The molecule has 3 rings (SSSR count). The summed E-state index contributed by atoms with van der Waals surface area (Å²) in [6, 6.07) is 15.5. The number of hydrogen-bond acceptors (Lipinski definition) is 3. The molecule has 0 radical (unpaired) electrons. The van der Waals surface area contributed by atoms with Gasteiger partial charge in [0, 0.05) is 11.5 Å². The molecule has 0 aliphatic carbocycles. The second-order valence-electron chi connectivity index (χ2n) is 4.55. The van der Waals surface area contributed by atoms with Crippen molar-refractivity contribution < 1.29 is 14.3 Å². The summed E-state index contributed by atoms with van der Waals surface area (Å²) in [5.41, 5.74) is 2.12. The van der Waals surface area contributed by atoms with E-state index in [2.05, 4.69) is 0 Å². The number of methoxy groups -OCH3 is 1. The van der Waals surface area contributed by atoms with Crippen LogP contribution in [0, 0.1) is 0 Å². The third kappa shape index (κ3) is 2.19. The van der Waals surface area contributed by atoms with Crippen molar-refractivity contribution in [3.05, 3.63) is 59.7 Å². The number of esters is 1. The Kier molecular flexibility index (Phi) is 2.95. The molecule has 1 aliphatic rings. The van der Waals surface area contributed by atoms with Gasteiger partial charge in [-0.1, -0.05) is 30.3 Å². The van der Waals surface area contributed by atoms with Gasteiger partial charge in [0.15, 0.2) is 0 Å². The maximum Gasteiger partial charge on any atom is 0.312 e. The number of rotatable bonds is 2. The Bertz CT molecular complexity index is 605. The highest BCUT2D eigenvalue weighted by Crippen LogP contribution is 2.40. The highest BCUT2D eigenvalue weighted by atomic mass is 16.5. The first kappa shape index (κ1) is 11.8. The van der Waals surface area contributed by atoms with E-state index in [4.69, 9.17) is 9.47 Å². The van der Waals surface area contributed by atoms with Crippen LogP contribution in [0.4, 0.5) is 0 Å². The van der Waals surface area contributed by atoms with Crippen LogP contribution in [-0.2, 0) is 4.79 Å². The Morgan fingerprint density at radius 3 is 2.68 bits per heavy atom. The molecule has 1 heterocycles. The van der Waals surface area contributed by atoms with E-state index in [1.54, 1.807) is 19.2 Å². The number of carbonyl (C=O) groups excluding carboxylic acids is 1. The Morgan fingerprint density at radius 2 is 1.95 bits per heavy atom. The summed E-state index contributed by atoms with van der Waals surface area (Å²) in [5, 5.41) is 0. The summed E-state index contributed by atoms with van der Waals surface area (Å²) in [6.45, 7) is 0. The number of ether oxygens (including phenoxy) is 2. The van der Waals surface area contributed by atoms with E-state index in [-0.39, 0.29) is 11.9 Å². The minimum absolute atomic E-state index is 0.0348. The predicted octanol–water partition coefficient (Wildman–Crippen LogP) is 3.14. The van der Waals surface area contributed by atoms with Crippen LogP contribution in [0.3, 0.4) is 0 Å². The molecular formula is C16H14O3. The van der Waals surface area contributed by atoms with Crippen molar-refractivity contribution in [3.8, 4) is 11.5 Å². The van der Waals surface area contributed by atoms with Gasteiger partial charge in [-0.05, 0) is 23.8 Å². The zero-order valence-electron chi connectivity index (χ0n) is 10.6. The first-order valence-electron chi connectivity index (χ1n) is 6.21. The fourth-order valence-corrected chi connectivity index (χ4v) is 2.44. The van der Waals surface area contributed by atoms with Crippen molar-refractivity contribution in [3.63, 3.8) is 0 Å². The summed E-state index contributed by atoms with van der Waals surface area (Å²) in [5.74, 6) is 1.25. The van der Waals surface area contributed by atoms with Gasteiger partial charge in [0.25, 0.3) is 0 Å². The lowest BCUT2D eigenvalue weighted by molar-refractivity contribution is -0.135. The molecule has 0 N–H and O–H groups in total. The van der Waals surface area contributed by atoms with E-state index >= 15 is 0 Å². The molecule has 0 saturated carbocycles. The second-order valence-corrected chi connectivity index (χ2v) is 4.55. The monoisotopic (exact) mass is 254 g/mol. The van der Waals surface area contributed by atoms with Gasteiger partial charge in [0.1, 0.15) is 11.5 Å². The molecule has 0 aromatic heterocycles. The minimum atomic E-state index is -0.188. The van der Waals surface area contributed by atoms with Crippen LogP contribution in [-0.4, -0.2) is 13.1 Å². The maximum absolute atomic E-state index is 11.7. The molecule has 0 spiro atoms. The molecule has 3 heteroatoms. The van der Waals surface area contributed by atoms with E-state index in [0.717, 1.165) is 16.9 Å². The Labute approximate surface area is 111 Å². The normalized spacial score (nSPS) is 17.5. The Hall–Kier alpha value is -2.29. The fraction of sp³-hybridized carbons (Fsp3) is 0.188. The van der Waals surface area contributed by atoms with E-state index in [9.17, 15) is 4.79 Å². The summed E-state index contributed by atoms with van der Waals surface area (Å²) in [4.78, 5) is 11.7. The molecule has 96 valence electrons. The molecule has 2 aromatic carbocycles. The largest absolute Gasteiger partial charge is 0.497 e. The van der Waals surface area contributed by atoms with Crippen LogP contribution in [0.1, 0.15) is 23.5 Å². The smallest absolute Gasteiger partial charge is 0.312 e. The van der Waals surface area contributed by atoms with Crippen LogP contribution in [0.15, 0.2) is 48.5 Å². The summed E-state index contributed by atoms with van der Waals surface area (Å²) in [7, 11) is 1.63. The Balaban J connectivity index is 2.10. The quantitative estimate of drug-likeness (QED) is 0.610. The van der Waals surface area contributed by atoms with Crippen molar-refractivity contribution in [1.29, 1.82) is 0 Å². The number of benzene rings is 2. The maximum atomic E-state index is 11.7. The highest BCUT2D eigenvalue weighted by molar-refractivity contribution is 5.77. The van der Waals surface area contributed by atoms with Gasteiger partial charge in [0.2, 0.25) is 0 Å². The molecule has 2 aromatic rings. The van der Waals surface area contributed by atoms with Crippen molar-refractivity contribution in [2.45, 2.75) is 12.3 Å². The topological polar surface area (TPSA) is 35.5 Å². The van der Waals surface area contributed by atoms with E-state index in [0.29, 0.717) is 12.2 Å². The molecule has 0 bridgehead atoms. The molecule has 19 heavy (non-hydrogen) atoms. The van der Waals surface area contributed by atoms with Crippen molar-refractivity contribution >= 4 is 5.97 Å². The van der Waals surface area contributed by atoms with Crippen LogP contribution in [0.25, 0.3) is 0 Å². The third-order valence-electron chi connectivity index (χ3n) is 3.39. The number of carbonyl (C=O) groups is 1.